The second-order valence-corrected chi connectivity index (χ2v) is 12.7. The van der Waals surface area contributed by atoms with Gasteiger partial charge >= 0.3 is 17.9 Å². The minimum Gasteiger partial charge on any atom is -0.480 e. The third-order valence-corrected chi connectivity index (χ3v) is 9.22. The fraction of sp³-hybridized carbons (Fsp3) is 0.742. The molecular weight excluding hydrogens is 606 g/mol. The van der Waals surface area contributed by atoms with Crippen LogP contribution in [0, 0.1) is 11.8 Å². The van der Waals surface area contributed by atoms with Gasteiger partial charge in [0.25, 0.3) is 0 Å². The number of carboxylic acids is 2. The quantitative estimate of drug-likeness (QED) is 0.0499. The Labute approximate surface area is 269 Å². The Balaban J connectivity index is 2.98. The molecule has 14 heteroatoms. The number of nitrogens with one attached hydrogen (secondary N) is 2. The van der Waals surface area contributed by atoms with Crippen LogP contribution in [0.2, 0.25) is 0 Å². The molecule has 0 aromatic heterocycles. The molecule has 0 spiro atoms. The molecule has 1 aliphatic carbocycles. The van der Waals surface area contributed by atoms with Gasteiger partial charge in [0.1, 0.15) is 24.4 Å². The summed E-state index contributed by atoms with van der Waals surface area (Å²) in [5.41, 5.74) is 5.48. The number of aliphatic carboxylic acids is 2. The Hall–Kier alpha value is -2.97. The lowest BCUT2D eigenvalue weighted by Crippen LogP contribution is -2.49. The van der Waals surface area contributed by atoms with Crippen LogP contribution >= 0.6 is 11.8 Å². The van der Waals surface area contributed by atoms with Crippen LogP contribution in [0.4, 0.5) is 0 Å². The molecular formula is C31H51N3O10S. The van der Waals surface area contributed by atoms with E-state index in [4.69, 9.17) is 15.9 Å². The summed E-state index contributed by atoms with van der Waals surface area (Å²) < 4.78 is 4.67. The first-order valence-corrected chi connectivity index (χ1v) is 16.8. The predicted octanol–water partition coefficient (Wildman–Crippen LogP) is 2.18. The van der Waals surface area contributed by atoms with Gasteiger partial charge in [-0.3, -0.25) is 28.8 Å². The van der Waals surface area contributed by atoms with E-state index in [1.165, 1.54) is 18.9 Å². The Bertz CT molecular complexity index is 1010. The minimum atomic E-state index is -1.26. The van der Waals surface area contributed by atoms with E-state index in [0.29, 0.717) is 25.7 Å². The van der Waals surface area contributed by atoms with E-state index < -0.39 is 48.5 Å². The van der Waals surface area contributed by atoms with Crippen LogP contribution in [-0.2, 0) is 33.5 Å². The molecule has 0 aromatic carbocycles. The number of hydrogen-bond donors (Lipinski definition) is 6. The van der Waals surface area contributed by atoms with Crippen LogP contribution in [0.3, 0.4) is 0 Å². The summed E-state index contributed by atoms with van der Waals surface area (Å²) in [4.78, 5) is 71.9. The normalized spacial score (nSPS) is 20.0. The van der Waals surface area contributed by atoms with Gasteiger partial charge in [0.05, 0.1) is 13.2 Å². The SMILES string of the molecule is CCCCC[C@H](O)/C=C/[C@H]1C(SCC(NC(=O)CCC(N)C(=O)O)C(=O)NCC(=O)O)CC(=O)[C@@H]1CCCCCCC(=O)OC. The number of ketones is 1. The molecule has 7 N–H and O–H groups in total. The Morgan fingerprint density at radius 3 is 2.40 bits per heavy atom. The van der Waals surface area contributed by atoms with Crippen molar-refractivity contribution in [2.24, 2.45) is 17.6 Å². The maximum Gasteiger partial charge on any atom is 0.322 e. The minimum absolute atomic E-state index is 0.0454. The first kappa shape index (κ1) is 40.1. The number of methoxy groups -OCH3 is 1. The molecule has 1 fully saturated rings. The van der Waals surface area contributed by atoms with Gasteiger partial charge in [-0.05, 0) is 31.6 Å². The van der Waals surface area contributed by atoms with Crippen molar-refractivity contribution in [3.05, 3.63) is 12.2 Å². The van der Waals surface area contributed by atoms with Crippen molar-refractivity contribution in [2.45, 2.75) is 114 Å². The Morgan fingerprint density at radius 2 is 1.76 bits per heavy atom. The number of carbonyl (C=O) groups is 6. The molecule has 0 heterocycles. The predicted molar refractivity (Wildman–Crippen MR) is 169 cm³/mol. The molecule has 45 heavy (non-hydrogen) atoms. The van der Waals surface area contributed by atoms with Crippen molar-refractivity contribution in [1.29, 1.82) is 0 Å². The number of unbranched alkanes of at least 4 members (excludes halogenated alkanes) is 5. The van der Waals surface area contributed by atoms with Crippen molar-refractivity contribution in [2.75, 3.05) is 19.4 Å². The van der Waals surface area contributed by atoms with Gasteiger partial charge in [0.2, 0.25) is 11.8 Å². The van der Waals surface area contributed by atoms with Crippen LogP contribution in [0.5, 0.6) is 0 Å². The molecule has 256 valence electrons. The van der Waals surface area contributed by atoms with Crippen molar-refractivity contribution in [1.82, 2.24) is 10.6 Å². The summed E-state index contributed by atoms with van der Waals surface area (Å²) in [5.74, 6) is -4.47. The maximum atomic E-state index is 13.2. The Morgan fingerprint density at radius 1 is 1.04 bits per heavy atom. The number of aliphatic hydroxyl groups excluding tert-OH is 1. The third-order valence-electron chi connectivity index (χ3n) is 7.78. The number of amides is 2. The summed E-state index contributed by atoms with van der Waals surface area (Å²) >= 11 is 1.32. The summed E-state index contributed by atoms with van der Waals surface area (Å²) in [6.07, 6.45) is 10.5. The molecule has 0 saturated heterocycles. The van der Waals surface area contributed by atoms with Crippen molar-refractivity contribution < 1.29 is 48.8 Å². The molecule has 0 radical (unpaired) electrons. The molecule has 13 nitrogen and oxygen atoms in total. The first-order valence-electron chi connectivity index (χ1n) is 15.7. The number of allylic oxidation sites excluding steroid dienone is 1. The molecule has 2 amide bonds. The number of esters is 1. The van der Waals surface area contributed by atoms with Crippen LogP contribution in [0.25, 0.3) is 0 Å². The number of nitrogens with two attached hydrogens (primary N) is 1. The molecule has 0 bridgehead atoms. The van der Waals surface area contributed by atoms with Gasteiger partial charge in [0.15, 0.2) is 0 Å². The number of rotatable bonds is 24. The highest BCUT2D eigenvalue weighted by Gasteiger charge is 2.41. The van der Waals surface area contributed by atoms with E-state index in [0.717, 1.165) is 38.5 Å². The van der Waals surface area contributed by atoms with Crippen LogP contribution in [0.1, 0.15) is 90.4 Å². The highest BCUT2D eigenvalue weighted by molar-refractivity contribution is 8.00. The lowest BCUT2D eigenvalue weighted by atomic mass is 9.89. The van der Waals surface area contributed by atoms with E-state index in [1.54, 1.807) is 6.08 Å². The van der Waals surface area contributed by atoms with Crippen LogP contribution in [0.15, 0.2) is 12.2 Å². The molecule has 0 aromatic rings. The summed E-state index contributed by atoms with van der Waals surface area (Å²) in [5, 5.41) is 33.0. The zero-order chi connectivity index (χ0) is 33.8. The Kier molecular flexibility index (Phi) is 20.0. The number of hydrogen-bond acceptors (Lipinski definition) is 10. The smallest absolute Gasteiger partial charge is 0.322 e. The van der Waals surface area contributed by atoms with Crippen molar-refractivity contribution >= 4 is 47.3 Å². The number of Topliss-reactive ketones (excluding diaryl/α,β-unsaturated/α-hetero) is 1. The van der Waals surface area contributed by atoms with Crippen LogP contribution < -0.4 is 16.4 Å². The van der Waals surface area contributed by atoms with Gasteiger partial charge in [0, 0.05) is 36.2 Å². The number of carboxylic acid groups (broad SMARTS) is 2. The summed E-state index contributed by atoms with van der Waals surface area (Å²) in [6, 6.07) is -2.38. The second-order valence-electron chi connectivity index (χ2n) is 11.4. The van der Waals surface area contributed by atoms with Gasteiger partial charge in [-0.25, -0.2) is 0 Å². The van der Waals surface area contributed by atoms with E-state index in [1.807, 2.05) is 6.08 Å². The summed E-state index contributed by atoms with van der Waals surface area (Å²) in [6.45, 7) is 1.43. The summed E-state index contributed by atoms with van der Waals surface area (Å²) in [7, 11) is 1.35. The third kappa shape index (κ3) is 16.8. The van der Waals surface area contributed by atoms with Crippen LogP contribution in [-0.4, -0.2) is 93.7 Å². The first-order chi connectivity index (χ1) is 21.4. The number of thioether (sulfide) groups is 1. The zero-order valence-corrected chi connectivity index (χ0v) is 27.2. The average molecular weight is 658 g/mol. The highest BCUT2D eigenvalue weighted by atomic mass is 32.2. The maximum absolute atomic E-state index is 13.2. The lowest BCUT2D eigenvalue weighted by Gasteiger charge is -2.24. The number of aliphatic hydroxyl groups is 1. The molecule has 1 saturated carbocycles. The molecule has 0 aliphatic heterocycles. The fourth-order valence-electron chi connectivity index (χ4n) is 5.15. The average Bonchev–Trinajstić information content (AvgIpc) is 3.30. The molecule has 3 unspecified atom stereocenters. The van der Waals surface area contributed by atoms with E-state index >= 15 is 0 Å². The van der Waals surface area contributed by atoms with Crippen molar-refractivity contribution in [3.8, 4) is 0 Å². The molecule has 6 atom stereocenters. The monoisotopic (exact) mass is 657 g/mol. The fourth-order valence-corrected chi connectivity index (χ4v) is 6.61. The van der Waals surface area contributed by atoms with Gasteiger partial charge in [-0.1, -0.05) is 57.6 Å². The molecule has 1 rings (SSSR count). The van der Waals surface area contributed by atoms with E-state index in [-0.39, 0.29) is 53.9 Å². The van der Waals surface area contributed by atoms with Gasteiger partial charge in [-0.15, -0.1) is 0 Å². The second kappa shape index (κ2) is 22.5. The number of carbonyl (C=O) groups excluding carboxylic acids is 4. The lowest BCUT2D eigenvalue weighted by molar-refractivity contribution is -0.141. The standard InChI is InChI=1S/C31H51N3O10S/c1-3-4-7-10-20(35)13-14-22-21(11-8-5-6-9-12-29(40)44-2)25(36)17-26(22)45-19-24(30(41)33-18-28(38)39)34-27(37)16-15-23(32)31(42)43/h13-14,20-24,26,35H,3-12,15-19,32H2,1-2H3,(H,33,41)(H,34,37)(H,38,39)(H,42,43)/b14-13+/t20-,21+,22+,23?,24?,26?/m0/s1. The van der Waals surface area contributed by atoms with Crippen molar-refractivity contribution in [3.63, 3.8) is 0 Å². The highest BCUT2D eigenvalue weighted by Crippen LogP contribution is 2.41. The largest absolute Gasteiger partial charge is 0.480 e. The molecule has 1 aliphatic rings. The van der Waals surface area contributed by atoms with Gasteiger partial charge in [-0.2, -0.15) is 11.8 Å². The van der Waals surface area contributed by atoms with E-state index in [9.17, 15) is 33.9 Å². The zero-order valence-electron chi connectivity index (χ0n) is 26.4. The van der Waals surface area contributed by atoms with Gasteiger partial charge < -0.3 is 36.4 Å². The topological polar surface area (TPSA) is 222 Å². The number of ether oxygens (including phenoxy) is 1. The van der Waals surface area contributed by atoms with E-state index in [2.05, 4.69) is 22.3 Å².